The first-order valence-electron chi connectivity index (χ1n) is 8.38. The van der Waals surface area contributed by atoms with E-state index < -0.39 is 10.8 Å². The van der Waals surface area contributed by atoms with Gasteiger partial charge >= 0.3 is 0 Å². The molecule has 7 heteroatoms. The molecule has 0 fully saturated rings. The zero-order valence-electron chi connectivity index (χ0n) is 15.2. The number of carbonyl (C=O) groups excluding carboxylic acids is 1. The van der Waals surface area contributed by atoms with Crippen LogP contribution in [0.5, 0.6) is 5.75 Å². The van der Waals surface area contributed by atoms with Gasteiger partial charge in [0.05, 0.1) is 12.0 Å². The average Bonchev–Trinajstić information content (AvgIpc) is 2.64. The Morgan fingerprint density at radius 2 is 2.04 bits per heavy atom. The molecular formula is C19H23N3O4. The molecule has 0 aromatic heterocycles. The van der Waals surface area contributed by atoms with E-state index in [1.54, 1.807) is 0 Å². The molecule has 0 saturated heterocycles. The van der Waals surface area contributed by atoms with Gasteiger partial charge in [0.25, 0.3) is 11.6 Å². The number of nitrogens with one attached hydrogen (secondary N) is 1. The number of benzene rings is 2. The van der Waals surface area contributed by atoms with Crippen LogP contribution in [0.25, 0.3) is 0 Å². The van der Waals surface area contributed by atoms with Crippen LogP contribution in [0.2, 0.25) is 0 Å². The van der Waals surface area contributed by atoms with Crippen LogP contribution in [-0.4, -0.2) is 37.6 Å². The Kier molecular flexibility index (Phi) is 6.54. The Morgan fingerprint density at radius 3 is 2.65 bits per heavy atom. The van der Waals surface area contributed by atoms with Gasteiger partial charge in [0.15, 0.2) is 0 Å². The summed E-state index contributed by atoms with van der Waals surface area (Å²) >= 11 is 0. The SMILES string of the molecule is CCN(CCNC(=O)c1cc(OC)ccc1[N+](=O)[O-])c1cccc(C)c1. The van der Waals surface area contributed by atoms with Gasteiger partial charge in [-0.15, -0.1) is 0 Å². The lowest BCUT2D eigenvalue weighted by atomic mass is 10.1. The van der Waals surface area contributed by atoms with Crippen molar-refractivity contribution in [2.45, 2.75) is 13.8 Å². The molecule has 2 rings (SSSR count). The topological polar surface area (TPSA) is 84.7 Å². The van der Waals surface area contributed by atoms with Crippen molar-refractivity contribution in [3.63, 3.8) is 0 Å². The highest BCUT2D eigenvalue weighted by Gasteiger charge is 2.21. The maximum atomic E-state index is 12.4. The van der Waals surface area contributed by atoms with Crippen molar-refractivity contribution < 1.29 is 14.5 Å². The Morgan fingerprint density at radius 1 is 1.27 bits per heavy atom. The fourth-order valence-corrected chi connectivity index (χ4v) is 2.68. The van der Waals surface area contributed by atoms with E-state index in [1.807, 2.05) is 32.0 Å². The maximum Gasteiger partial charge on any atom is 0.282 e. The van der Waals surface area contributed by atoms with Crippen molar-refractivity contribution in [3.8, 4) is 5.75 Å². The molecule has 26 heavy (non-hydrogen) atoms. The molecule has 7 nitrogen and oxygen atoms in total. The van der Waals surface area contributed by atoms with Crippen LogP contribution in [0.4, 0.5) is 11.4 Å². The minimum Gasteiger partial charge on any atom is -0.497 e. The van der Waals surface area contributed by atoms with E-state index in [4.69, 9.17) is 4.74 Å². The van der Waals surface area contributed by atoms with Gasteiger partial charge in [0.1, 0.15) is 11.3 Å². The summed E-state index contributed by atoms with van der Waals surface area (Å²) in [6.07, 6.45) is 0. The molecule has 0 atom stereocenters. The Hall–Kier alpha value is -3.09. The van der Waals surface area contributed by atoms with Gasteiger partial charge in [0, 0.05) is 31.4 Å². The molecule has 0 aliphatic carbocycles. The molecule has 0 radical (unpaired) electrons. The summed E-state index contributed by atoms with van der Waals surface area (Å²) in [7, 11) is 1.45. The van der Waals surface area contributed by atoms with Crippen molar-refractivity contribution in [3.05, 3.63) is 63.7 Å². The highest BCUT2D eigenvalue weighted by molar-refractivity contribution is 5.98. The van der Waals surface area contributed by atoms with Gasteiger partial charge in [-0.05, 0) is 43.7 Å². The lowest BCUT2D eigenvalue weighted by Crippen LogP contribution is -2.35. The second-order valence-corrected chi connectivity index (χ2v) is 5.81. The number of carbonyl (C=O) groups is 1. The molecule has 0 unspecified atom stereocenters. The summed E-state index contributed by atoms with van der Waals surface area (Å²) in [5.74, 6) is -0.0911. The Labute approximate surface area is 152 Å². The van der Waals surface area contributed by atoms with Gasteiger partial charge in [-0.2, -0.15) is 0 Å². The number of hydrogen-bond acceptors (Lipinski definition) is 5. The molecule has 0 aliphatic heterocycles. The zero-order valence-corrected chi connectivity index (χ0v) is 15.2. The van der Waals surface area contributed by atoms with Crippen LogP contribution in [0.15, 0.2) is 42.5 Å². The summed E-state index contributed by atoms with van der Waals surface area (Å²) in [6.45, 7) is 5.83. The van der Waals surface area contributed by atoms with E-state index in [1.165, 1.54) is 25.3 Å². The highest BCUT2D eigenvalue weighted by Crippen LogP contribution is 2.23. The third-order valence-electron chi connectivity index (χ3n) is 4.06. The van der Waals surface area contributed by atoms with E-state index in [-0.39, 0.29) is 11.3 Å². The van der Waals surface area contributed by atoms with Gasteiger partial charge in [-0.25, -0.2) is 0 Å². The standard InChI is InChI=1S/C19H23N3O4/c1-4-21(15-7-5-6-14(2)12-15)11-10-20-19(23)17-13-16(26-3)8-9-18(17)22(24)25/h5-9,12-13H,4,10-11H2,1-3H3,(H,20,23). The second kappa shape index (κ2) is 8.84. The molecule has 0 spiro atoms. The number of likely N-dealkylation sites (N-methyl/N-ethyl adjacent to an activating group) is 1. The molecule has 0 bridgehead atoms. The first kappa shape index (κ1) is 19.2. The average molecular weight is 357 g/mol. The van der Waals surface area contributed by atoms with Crippen molar-refractivity contribution in [2.75, 3.05) is 31.6 Å². The lowest BCUT2D eigenvalue weighted by Gasteiger charge is -2.23. The van der Waals surface area contributed by atoms with Crippen LogP contribution in [0.3, 0.4) is 0 Å². The number of aryl methyl sites for hydroxylation is 1. The number of rotatable bonds is 8. The predicted octanol–water partition coefficient (Wildman–Crippen LogP) is 3.17. The predicted molar refractivity (Wildman–Crippen MR) is 101 cm³/mol. The number of methoxy groups -OCH3 is 1. The van der Waals surface area contributed by atoms with E-state index in [0.717, 1.165) is 17.8 Å². The third kappa shape index (κ3) is 4.72. The van der Waals surface area contributed by atoms with Gasteiger partial charge in [-0.3, -0.25) is 14.9 Å². The Balaban J connectivity index is 2.05. The minimum absolute atomic E-state index is 0.00652. The van der Waals surface area contributed by atoms with E-state index in [0.29, 0.717) is 18.8 Å². The molecule has 1 amide bonds. The van der Waals surface area contributed by atoms with Crippen LogP contribution in [-0.2, 0) is 0 Å². The smallest absolute Gasteiger partial charge is 0.282 e. The quantitative estimate of drug-likeness (QED) is 0.579. The van der Waals surface area contributed by atoms with Crippen molar-refractivity contribution in [1.29, 1.82) is 0 Å². The Bertz CT molecular complexity index is 792. The number of hydrogen-bond donors (Lipinski definition) is 1. The molecule has 138 valence electrons. The van der Waals surface area contributed by atoms with Gasteiger partial charge in [-0.1, -0.05) is 12.1 Å². The van der Waals surface area contributed by atoms with E-state index >= 15 is 0 Å². The van der Waals surface area contributed by atoms with Gasteiger partial charge in [0.2, 0.25) is 0 Å². The molecular weight excluding hydrogens is 334 g/mol. The summed E-state index contributed by atoms with van der Waals surface area (Å²) < 4.78 is 5.06. The normalized spacial score (nSPS) is 10.3. The third-order valence-corrected chi connectivity index (χ3v) is 4.06. The van der Waals surface area contributed by atoms with Crippen molar-refractivity contribution in [1.82, 2.24) is 5.32 Å². The number of nitro groups is 1. The van der Waals surface area contributed by atoms with E-state index in [2.05, 4.69) is 16.3 Å². The number of amides is 1. The highest BCUT2D eigenvalue weighted by atomic mass is 16.6. The second-order valence-electron chi connectivity index (χ2n) is 5.81. The lowest BCUT2D eigenvalue weighted by molar-refractivity contribution is -0.385. The summed E-state index contributed by atoms with van der Waals surface area (Å²) in [4.78, 5) is 25.1. The molecule has 0 saturated carbocycles. The van der Waals surface area contributed by atoms with E-state index in [9.17, 15) is 14.9 Å². The fraction of sp³-hybridized carbons (Fsp3) is 0.316. The summed E-state index contributed by atoms with van der Waals surface area (Å²) in [5.41, 5.74) is 1.99. The fourth-order valence-electron chi connectivity index (χ4n) is 2.68. The minimum atomic E-state index is -0.570. The van der Waals surface area contributed by atoms with Crippen LogP contribution < -0.4 is 15.0 Å². The number of nitro benzene ring substituents is 1. The molecule has 0 heterocycles. The molecule has 2 aromatic carbocycles. The molecule has 2 aromatic rings. The molecule has 0 aliphatic rings. The largest absolute Gasteiger partial charge is 0.497 e. The first-order chi connectivity index (χ1) is 12.5. The number of ether oxygens (including phenoxy) is 1. The summed E-state index contributed by atoms with van der Waals surface area (Å²) in [5, 5.41) is 13.9. The maximum absolute atomic E-state index is 12.4. The van der Waals surface area contributed by atoms with Crippen LogP contribution in [0, 0.1) is 17.0 Å². The zero-order chi connectivity index (χ0) is 19.1. The van der Waals surface area contributed by atoms with Crippen LogP contribution in [0.1, 0.15) is 22.8 Å². The number of nitrogens with zero attached hydrogens (tertiary/aromatic N) is 2. The van der Waals surface area contributed by atoms with Crippen LogP contribution >= 0.6 is 0 Å². The monoisotopic (exact) mass is 357 g/mol. The first-order valence-corrected chi connectivity index (χ1v) is 8.38. The van der Waals surface area contributed by atoms with Gasteiger partial charge < -0.3 is 15.0 Å². The number of anilines is 1. The van der Waals surface area contributed by atoms with Crippen molar-refractivity contribution >= 4 is 17.3 Å². The van der Waals surface area contributed by atoms with Crippen molar-refractivity contribution in [2.24, 2.45) is 0 Å². The molecule has 1 N–H and O–H groups in total. The summed E-state index contributed by atoms with van der Waals surface area (Å²) in [6, 6.07) is 12.2.